The van der Waals surface area contributed by atoms with Gasteiger partial charge in [0, 0.05) is 16.6 Å². The number of hydrogen-bond acceptors (Lipinski definition) is 6. The number of carbonyl (C=O) groups excluding carboxylic acids is 2. The van der Waals surface area contributed by atoms with Gasteiger partial charge in [-0.2, -0.15) is 0 Å². The van der Waals surface area contributed by atoms with E-state index in [4.69, 9.17) is 19.3 Å². The molecular formula is C34H42BBrN2O6. The smallest absolute Gasteiger partial charge is 0.307 e. The number of methoxy groups -OCH3 is 2. The lowest BCUT2D eigenvalue weighted by molar-refractivity contribution is -0.141. The van der Waals surface area contributed by atoms with Gasteiger partial charge < -0.3 is 31.9 Å². The summed E-state index contributed by atoms with van der Waals surface area (Å²) < 4.78 is 10.2. The monoisotopic (exact) mass is 664 g/mol. The third-order valence-corrected chi connectivity index (χ3v) is 6.96. The molecule has 0 aromatic heterocycles. The Balaban J connectivity index is 0.000000672. The third-order valence-electron chi connectivity index (χ3n) is 6.46. The third kappa shape index (κ3) is 13.7. The van der Waals surface area contributed by atoms with Crippen molar-refractivity contribution in [2.24, 2.45) is 11.5 Å². The fourth-order valence-corrected chi connectivity index (χ4v) is 4.34. The molecule has 0 aliphatic heterocycles. The first-order chi connectivity index (χ1) is 20.0. The Bertz CT molecular complexity index is 1430. The normalized spacial score (nSPS) is 11.0. The van der Waals surface area contributed by atoms with E-state index >= 15 is 0 Å². The van der Waals surface area contributed by atoms with Crippen LogP contribution in [0.25, 0.3) is 11.1 Å². The van der Waals surface area contributed by atoms with Gasteiger partial charge in [0.25, 0.3) is 0 Å². The Kier molecular flexibility index (Phi) is 19.2. The van der Waals surface area contributed by atoms with Gasteiger partial charge in [-0.15, -0.1) is 0 Å². The number of halogens is 1. The second kappa shape index (κ2) is 21.0. The van der Waals surface area contributed by atoms with E-state index in [1.165, 1.54) is 25.3 Å². The van der Waals surface area contributed by atoms with Gasteiger partial charge in [0.1, 0.15) is 7.85 Å². The van der Waals surface area contributed by atoms with Crippen LogP contribution in [0.3, 0.4) is 0 Å². The first kappa shape index (κ1) is 40.2. The van der Waals surface area contributed by atoms with Crippen molar-refractivity contribution in [3.8, 4) is 11.1 Å². The first-order valence-corrected chi connectivity index (χ1v) is 14.2. The average Bonchev–Trinajstić information content (AvgIpc) is 2.99. The van der Waals surface area contributed by atoms with E-state index < -0.39 is 0 Å². The summed E-state index contributed by atoms with van der Waals surface area (Å²) in [6.07, 6.45) is 0.390. The molecule has 0 spiro atoms. The summed E-state index contributed by atoms with van der Waals surface area (Å²) >= 11 is 3.34. The number of nitrogens with two attached hydrogens (primary N) is 2. The Morgan fingerprint density at radius 2 is 1.18 bits per heavy atom. The quantitative estimate of drug-likeness (QED) is 0.220. The van der Waals surface area contributed by atoms with Crippen LogP contribution < -0.4 is 16.9 Å². The molecule has 4 aromatic carbocycles. The largest absolute Gasteiger partial charge is 0.469 e. The van der Waals surface area contributed by atoms with Crippen LogP contribution in [0.4, 0.5) is 0 Å². The van der Waals surface area contributed by atoms with Crippen molar-refractivity contribution in [1.29, 1.82) is 0 Å². The topological polar surface area (TPSA) is 168 Å². The number of esters is 2. The summed E-state index contributed by atoms with van der Waals surface area (Å²) in [6.45, 7) is 4.08. The van der Waals surface area contributed by atoms with E-state index in [-0.39, 0.29) is 47.8 Å². The Labute approximate surface area is 269 Å². The van der Waals surface area contributed by atoms with E-state index in [2.05, 4.69) is 50.5 Å². The van der Waals surface area contributed by atoms with Crippen molar-refractivity contribution >= 4 is 41.2 Å². The minimum Gasteiger partial charge on any atom is -0.469 e. The minimum absolute atomic E-state index is 0. The van der Waals surface area contributed by atoms with E-state index in [9.17, 15) is 9.59 Å². The van der Waals surface area contributed by atoms with Gasteiger partial charge in [0.05, 0.1) is 27.1 Å². The fourth-order valence-electron chi connectivity index (χ4n) is 3.92. The number of hydrogen-bond donors (Lipinski definition) is 2. The van der Waals surface area contributed by atoms with Crippen LogP contribution in [-0.2, 0) is 19.1 Å². The maximum atomic E-state index is 11.3. The molecular weight excluding hydrogens is 623 g/mol. The zero-order chi connectivity index (χ0) is 31.1. The first-order valence-electron chi connectivity index (χ1n) is 13.4. The lowest BCUT2D eigenvalue weighted by Crippen LogP contribution is -2.16. The predicted molar refractivity (Wildman–Crippen MR) is 182 cm³/mol. The predicted octanol–water partition coefficient (Wildman–Crippen LogP) is 4.38. The minimum atomic E-state index is -0.341. The van der Waals surface area contributed by atoms with Crippen molar-refractivity contribution in [2.45, 2.75) is 38.8 Å². The van der Waals surface area contributed by atoms with Crippen LogP contribution in [0.2, 0.25) is 0 Å². The molecule has 4 aromatic rings. The Hall–Kier alpha value is -3.80. The second-order valence-electron chi connectivity index (χ2n) is 9.63. The molecule has 0 saturated carbocycles. The summed E-state index contributed by atoms with van der Waals surface area (Å²) in [5.74, 6) is -0.587. The molecule has 0 bridgehead atoms. The Morgan fingerprint density at radius 1 is 0.705 bits per heavy atom. The zero-order valence-corrected chi connectivity index (χ0v) is 27.1. The maximum absolute atomic E-state index is 11.3. The highest BCUT2D eigenvalue weighted by molar-refractivity contribution is 9.10. The number of aryl methyl sites for hydroxylation is 2. The molecule has 2 radical (unpaired) electrons. The lowest BCUT2D eigenvalue weighted by Gasteiger charge is -2.13. The van der Waals surface area contributed by atoms with Gasteiger partial charge in [-0.3, -0.25) is 9.59 Å². The molecule has 4 rings (SSSR count). The van der Waals surface area contributed by atoms with E-state index in [0.29, 0.717) is 0 Å². The van der Waals surface area contributed by atoms with Gasteiger partial charge >= 0.3 is 11.9 Å². The molecule has 8 nitrogen and oxygen atoms in total. The Morgan fingerprint density at radius 3 is 1.64 bits per heavy atom. The molecule has 44 heavy (non-hydrogen) atoms. The van der Waals surface area contributed by atoms with Crippen LogP contribution >= 0.6 is 15.9 Å². The highest BCUT2D eigenvalue weighted by Crippen LogP contribution is 2.26. The molecule has 234 valence electrons. The van der Waals surface area contributed by atoms with Gasteiger partial charge in [0.15, 0.2) is 0 Å². The summed E-state index contributed by atoms with van der Waals surface area (Å²) in [4.78, 5) is 22.3. The van der Waals surface area contributed by atoms with Crippen LogP contribution in [0.5, 0.6) is 0 Å². The van der Waals surface area contributed by atoms with Gasteiger partial charge in [-0.25, -0.2) is 0 Å². The van der Waals surface area contributed by atoms with Crippen LogP contribution in [-0.4, -0.2) is 45.0 Å². The van der Waals surface area contributed by atoms with Crippen molar-refractivity contribution < 1.29 is 30.0 Å². The van der Waals surface area contributed by atoms with Gasteiger partial charge in [-0.1, -0.05) is 106 Å². The van der Waals surface area contributed by atoms with E-state index in [1.807, 2.05) is 85.8 Å². The van der Waals surface area contributed by atoms with Crippen molar-refractivity contribution in [1.82, 2.24) is 0 Å². The number of ether oxygens (including phenoxy) is 2. The molecule has 0 saturated heterocycles. The zero-order valence-electron chi connectivity index (χ0n) is 25.5. The van der Waals surface area contributed by atoms with Crippen molar-refractivity contribution in [2.75, 3.05) is 14.2 Å². The van der Waals surface area contributed by atoms with Crippen LogP contribution in [0.1, 0.15) is 47.2 Å². The summed E-state index contributed by atoms with van der Waals surface area (Å²) in [7, 11) is 8.25. The molecule has 10 heteroatoms. The molecule has 2 atom stereocenters. The summed E-state index contributed by atoms with van der Waals surface area (Å²) in [6, 6.07) is 30.9. The SMILES string of the molecule is COC(=O)C[C@H](N)c1cccc(-c2ccccc2C)c1.COC(=O)C[C@H](N)c1cccc(Br)c1.O.O.[B]c1ccccc1C. The molecule has 0 fully saturated rings. The maximum Gasteiger partial charge on any atom is 0.307 e. The van der Waals surface area contributed by atoms with E-state index in [0.717, 1.165) is 32.2 Å². The van der Waals surface area contributed by atoms with Gasteiger partial charge in [0.2, 0.25) is 0 Å². The van der Waals surface area contributed by atoms with E-state index in [1.54, 1.807) is 0 Å². The lowest BCUT2D eigenvalue weighted by atomic mass is 9.92. The number of benzene rings is 4. The van der Waals surface area contributed by atoms with Crippen LogP contribution in [0.15, 0.2) is 102 Å². The number of carbonyl (C=O) groups is 2. The highest BCUT2D eigenvalue weighted by atomic mass is 79.9. The molecule has 0 amide bonds. The average molecular weight is 665 g/mol. The second-order valence-corrected chi connectivity index (χ2v) is 10.5. The molecule has 0 aliphatic rings. The molecule has 0 aliphatic carbocycles. The number of rotatable bonds is 7. The standard InChI is InChI=1S/C17H19NO2.C10H12BrNO2.C7H7B.2H2O/c1-12-6-3-4-9-15(12)13-7-5-8-14(10-13)16(18)11-17(19)20-2;1-14-10(13)6-9(12)7-3-2-4-8(11)5-7;1-6-4-2-3-5-7(6)8;;/h3-10,16H,11,18H2,1-2H3;2-5,9H,6,12H2,1H3;2-5H,1H3;2*1H2/t16-;9-;;;/m00.../s1. The van der Waals surface area contributed by atoms with Gasteiger partial charge in [-0.05, 0) is 59.9 Å². The molecule has 0 heterocycles. The fraction of sp³-hybridized carbons (Fsp3) is 0.235. The molecule has 8 N–H and O–H groups in total. The highest BCUT2D eigenvalue weighted by Gasteiger charge is 2.13. The summed E-state index contributed by atoms with van der Waals surface area (Å²) in [5, 5.41) is 0. The summed E-state index contributed by atoms with van der Waals surface area (Å²) in [5.41, 5.74) is 19.3. The van der Waals surface area contributed by atoms with Crippen molar-refractivity contribution in [3.05, 3.63) is 124 Å². The molecule has 0 unspecified atom stereocenters. The van der Waals surface area contributed by atoms with Crippen LogP contribution in [0, 0.1) is 13.8 Å². The van der Waals surface area contributed by atoms with Crippen molar-refractivity contribution in [3.63, 3.8) is 0 Å².